The molecule has 1 aromatic rings. The Balaban J connectivity index is 1.38. The van der Waals surface area contributed by atoms with Crippen molar-refractivity contribution < 1.29 is 24.9 Å². The third-order valence-electron chi connectivity index (χ3n) is 7.05. The molecule has 0 spiro atoms. The van der Waals surface area contributed by atoms with Crippen LogP contribution in [0.2, 0.25) is 0 Å². The van der Waals surface area contributed by atoms with E-state index in [0.29, 0.717) is 5.75 Å². The summed E-state index contributed by atoms with van der Waals surface area (Å²) < 4.78 is 0. The van der Waals surface area contributed by atoms with Crippen molar-refractivity contribution in [2.24, 2.45) is 10.8 Å². The number of phenolic OH excluding ortho intramolecular Hbond substituents is 1. The van der Waals surface area contributed by atoms with Gasteiger partial charge in [-0.25, -0.2) is 0 Å². The molecule has 29 heavy (non-hydrogen) atoms. The summed E-state index contributed by atoms with van der Waals surface area (Å²) in [6.07, 6.45) is 12.4. The summed E-state index contributed by atoms with van der Waals surface area (Å²) >= 11 is 0. The van der Waals surface area contributed by atoms with Gasteiger partial charge in [-0.3, -0.25) is 9.59 Å². The summed E-state index contributed by atoms with van der Waals surface area (Å²) in [5.74, 6) is -0.922. The maximum absolute atomic E-state index is 11.2. The van der Waals surface area contributed by atoms with Gasteiger partial charge in [-0.2, -0.15) is 0 Å². The zero-order valence-electron chi connectivity index (χ0n) is 17.3. The molecular formula is C24H34O5. The summed E-state index contributed by atoms with van der Waals surface area (Å²) in [7, 11) is 0. The van der Waals surface area contributed by atoms with Gasteiger partial charge in [0.15, 0.2) is 0 Å². The van der Waals surface area contributed by atoms with Crippen molar-refractivity contribution >= 4 is 11.9 Å². The van der Waals surface area contributed by atoms with Gasteiger partial charge in [0.1, 0.15) is 5.75 Å². The lowest BCUT2D eigenvalue weighted by molar-refractivity contribution is -0.144. The van der Waals surface area contributed by atoms with E-state index in [-0.39, 0.29) is 0 Å². The Morgan fingerprint density at radius 3 is 1.76 bits per heavy atom. The molecule has 2 aliphatic rings. The summed E-state index contributed by atoms with van der Waals surface area (Å²) in [4.78, 5) is 22.5. The molecule has 160 valence electrons. The number of aliphatic carboxylic acids is 2. The maximum Gasteiger partial charge on any atom is 0.309 e. The van der Waals surface area contributed by atoms with Gasteiger partial charge in [-0.05, 0) is 81.4 Å². The third kappa shape index (κ3) is 5.52. The summed E-state index contributed by atoms with van der Waals surface area (Å²) in [6, 6.07) is 5.71. The van der Waals surface area contributed by atoms with Crippen LogP contribution >= 0.6 is 0 Å². The molecule has 2 saturated carbocycles. The Bertz CT molecular complexity index is 731. The van der Waals surface area contributed by atoms with Crippen LogP contribution in [0.5, 0.6) is 5.75 Å². The van der Waals surface area contributed by atoms with Gasteiger partial charge >= 0.3 is 11.9 Å². The van der Waals surface area contributed by atoms with Crippen LogP contribution in [0.15, 0.2) is 18.2 Å². The number of phenols is 1. The zero-order valence-corrected chi connectivity index (χ0v) is 17.3. The molecule has 0 bridgehead atoms. The molecule has 1 aromatic carbocycles. The Labute approximate surface area is 173 Å². The first-order chi connectivity index (χ1) is 13.9. The number of unbranched alkanes of at least 4 members (excludes halogenated alkanes) is 4. The van der Waals surface area contributed by atoms with Crippen LogP contribution in [-0.4, -0.2) is 27.3 Å². The first-order valence-electron chi connectivity index (χ1n) is 11.2. The van der Waals surface area contributed by atoms with Gasteiger partial charge < -0.3 is 15.3 Å². The fraction of sp³-hybridized carbons (Fsp3) is 0.667. The number of hydrogen-bond donors (Lipinski definition) is 3. The number of carboxylic acids is 2. The Morgan fingerprint density at radius 1 is 0.759 bits per heavy atom. The minimum atomic E-state index is -0.642. The van der Waals surface area contributed by atoms with E-state index in [0.717, 1.165) is 95.5 Å². The monoisotopic (exact) mass is 402 g/mol. The average molecular weight is 403 g/mol. The number of benzene rings is 1. The molecule has 2 fully saturated rings. The van der Waals surface area contributed by atoms with Gasteiger partial charge in [0, 0.05) is 0 Å². The van der Waals surface area contributed by atoms with Crippen LogP contribution in [0.3, 0.4) is 0 Å². The zero-order chi connectivity index (χ0) is 20.9. The number of carbonyl (C=O) groups is 2. The molecular weight excluding hydrogens is 368 g/mol. The average Bonchev–Trinajstić information content (AvgIpc) is 3.58. The molecule has 0 amide bonds. The molecule has 0 heterocycles. The highest BCUT2D eigenvalue weighted by Crippen LogP contribution is 2.50. The molecule has 0 saturated heterocycles. The number of aryl methyl sites for hydroxylation is 1. The molecule has 0 atom stereocenters. The predicted molar refractivity (Wildman–Crippen MR) is 111 cm³/mol. The molecule has 0 unspecified atom stereocenters. The highest BCUT2D eigenvalue weighted by Gasteiger charge is 2.49. The lowest BCUT2D eigenvalue weighted by atomic mass is 9.93. The molecule has 2 aliphatic carbocycles. The van der Waals surface area contributed by atoms with E-state index in [1.54, 1.807) is 6.07 Å². The highest BCUT2D eigenvalue weighted by molar-refractivity contribution is 5.78. The Hall–Kier alpha value is -2.04. The predicted octanol–water partition coefficient (Wildman–Crippen LogP) is 5.33. The molecule has 0 radical (unpaired) electrons. The summed E-state index contributed by atoms with van der Waals surface area (Å²) in [5, 5.41) is 28.8. The summed E-state index contributed by atoms with van der Waals surface area (Å²) in [6.45, 7) is 0. The molecule has 5 heteroatoms. The van der Waals surface area contributed by atoms with E-state index in [9.17, 15) is 24.9 Å². The van der Waals surface area contributed by atoms with Crippen molar-refractivity contribution in [3.05, 3.63) is 29.3 Å². The first-order valence-corrected chi connectivity index (χ1v) is 11.2. The first kappa shape index (κ1) is 21.7. The lowest BCUT2D eigenvalue weighted by Gasteiger charge is -2.13. The van der Waals surface area contributed by atoms with Gasteiger partial charge in [-0.1, -0.05) is 37.8 Å². The second-order valence-corrected chi connectivity index (χ2v) is 9.21. The molecule has 3 rings (SSSR count). The number of carboxylic acid groups (broad SMARTS) is 2. The van der Waals surface area contributed by atoms with Gasteiger partial charge in [0.05, 0.1) is 10.8 Å². The Morgan fingerprint density at radius 2 is 1.28 bits per heavy atom. The molecule has 5 nitrogen and oxygen atoms in total. The van der Waals surface area contributed by atoms with E-state index in [1.807, 2.05) is 6.07 Å². The standard InChI is InChI=1S/C24H34O5/c25-20-11-7-9-18(8-3-1-5-12-23(14-15-23)21(26)27)19(20)10-4-2-6-13-24(16-17-24)22(28)29/h7,9,11,25H,1-6,8,10,12-17H2,(H,26,27)(H,28,29). The van der Waals surface area contributed by atoms with E-state index >= 15 is 0 Å². The van der Waals surface area contributed by atoms with Crippen LogP contribution in [0.1, 0.15) is 88.2 Å². The minimum Gasteiger partial charge on any atom is -0.508 e. The van der Waals surface area contributed by atoms with Crippen molar-refractivity contribution in [1.29, 1.82) is 0 Å². The Kier molecular flexibility index (Phi) is 6.86. The molecule has 0 aliphatic heterocycles. The fourth-order valence-electron chi connectivity index (χ4n) is 4.48. The number of aromatic hydroxyl groups is 1. The topological polar surface area (TPSA) is 94.8 Å². The van der Waals surface area contributed by atoms with E-state index < -0.39 is 22.8 Å². The van der Waals surface area contributed by atoms with E-state index in [2.05, 4.69) is 6.07 Å². The van der Waals surface area contributed by atoms with Crippen molar-refractivity contribution in [3.63, 3.8) is 0 Å². The third-order valence-corrected chi connectivity index (χ3v) is 7.05. The van der Waals surface area contributed by atoms with E-state index in [4.69, 9.17) is 0 Å². The van der Waals surface area contributed by atoms with Crippen LogP contribution < -0.4 is 0 Å². The largest absolute Gasteiger partial charge is 0.508 e. The van der Waals surface area contributed by atoms with Crippen molar-refractivity contribution in [2.75, 3.05) is 0 Å². The van der Waals surface area contributed by atoms with Gasteiger partial charge in [0.2, 0.25) is 0 Å². The van der Waals surface area contributed by atoms with Crippen molar-refractivity contribution in [3.8, 4) is 5.75 Å². The van der Waals surface area contributed by atoms with Crippen molar-refractivity contribution in [1.82, 2.24) is 0 Å². The SMILES string of the molecule is O=C(O)C1(CCCCCc2cccc(O)c2CCCCCC2(C(=O)O)CC2)CC1. The quantitative estimate of drug-likeness (QED) is 0.366. The summed E-state index contributed by atoms with van der Waals surface area (Å²) in [5.41, 5.74) is 1.36. The van der Waals surface area contributed by atoms with Crippen LogP contribution in [0.25, 0.3) is 0 Å². The normalized spacial score (nSPS) is 18.3. The lowest BCUT2D eigenvalue weighted by Crippen LogP contribution is -2.14. The second kappa shape index (κ2) is 9.19. The molecule has 0 aromatic heterocycles. The highest BCUT2D eigenvalue weighted by atomic mass is 16.4. The number of rotatable bonds is 14. The van der Waals surface area contributed by atoms with Crippen LogP contribution in [0, 0.1) is 10.8 Å². The van der Waals surface area contributed by atoms with Crippen molar-refractivity contribution in [2.45, 2.75) is 89.9 Å². The minimum absolute atomic E-state index is 0.356. The number of hydrogen-bond acceptors (Lipinski definition) is 3. The maximum atomic E-state index is 11.2. The van der Waals surface area contributed by atoms with Gasteiger partial charge in [-0.15, -0.1) is 0 Å². The van der Waals surface area contributed by atoms with Gasteiger partial charge in [0.25, 0.3) is 0 Å². The second-order valence-electron chi connectivity index (χ2n) is 9.21. The smallest absolute Gasteiger partial charge is 0.309 e. The van der Waals surface area contributed by atoms with E-state index in [1.165, 1.54) is 5.56 Å². The van der Waals surface area contributed by atoms with Crippen LogP contribution in [0.4, 0.5) is 0 Å². The van der Waals surface area contributed by atoms with Crippen LogP contribution in [-0.2, 0) is 22.4 Å². The fourth-order valence-corrected chi connectivity index (χ4v) is 4.48. The molecule has 3 N–H and O–H groups in total.